The van der Waals surface area contributed by atoms with E-state index in [2.05, 4.69) is 9.71 Å². The highest BCUT2D eigenvalue weighted by molar-refractivity contribution is 7.92. The zero-order valence-corrected chi connectivity index (χ0v) is 17.7. The Hall–Kier alpha value is -3.51. The van der Waals surface area contributed by atoms with E-state index in [1.54, 1.807) is 60.9 Å². The van der Waals surface area contributed by atoms with Gasteiger partial charge in [-0.05, 0) is 53.3 Å². The van der Waals surface area contributed by atoms with Gasteiger partial charge in [0.2, 0.25) is 0 Å². The predicted octanol–water partition coefficient (Wildman–Crippen LogP) is 4.78. The maximum atomic E-state index is 12.5. The van der Waals surface area contributed by atoms with Crippen LogP contribution in [0.1, 0.15) is 17.5 Å². The summed E-state index contributed by atoms with van der Waals surface area (Å²) in [7, 11) is -3.64. The maximum absolute atomic E-state index is 12.5. The number of carbonyl (C=O) groups is 1. The molecule has 0 amide bonds. The third-order valence-corrected chi connectivity index (χ3v) is 6.46. The van der Waals surface area contributed by atoms with Gasteiger partial charge >= 0.3 is 0 Å². The van der Waals surface area contributed by atoms with Crippen molar-refractivity contribution in [2.45, 2.75) is 24.2 Å². The summed E-state index contributed by atoms with van der Waals surface area (Å²) in [4.78, 5) is 16.7. The van der Waals surface area contributed by atoms with E-state index in [0.717, 1.165) is 21.9 Å². The number of aryl methyl sites for hydroxylation is 1. The van der Waals surface area contributed by atoms with Gasteiger partial charge in [0.25, 0.3) is 10.0 Å². The highest BCUT2D eigenvalue weighted by Crippen LogP contribution is 2.18. The van der Waals surface area contributed by atoms with E-state index in [1.165, 1.54) is 0 Å². The number of Topliss-reactive ketones (excluding diaryl/α,β-unsaturated/α-hetero) is 1. The number of aromatic nitrogens is 1. The van der Waals surface area contributed by atoms with E-state index in [4.69, 9.17) is 0 Å². The molecule has 1 heterocycles. The Morgan fingerprint density at radius 1 is 0.839 bits per heavy atom. The number of carbonyl (C=O) groups excluding carboxylic acids is 1. The fraction of sp³-hybridized carbons (Fsp3) is 0.120. The van der Waals surface area contributed by atoms with Crippen LogP contribution in [0.5, 0.6) is 0 Å². The molecule has 1 N–H and O–H groups in total. The van der Waals surface area contributed by atoms with E-state index in [9.17, 15) is 13.2 Å². The Bertz CT molecular complexity index is 1300. The standard InChI is InChI=1S/C25H22N2O3S/c28-24(17-20-6-10-22-18-26-15-14-21(22)16-20)11-7-19-8-12-25(13-9-19)31(29,30)27-23-4-2-1-3-5-23/h1-6,8-10,12-16,18,27H,7,11,17H2. The van der Waals surface area contributed by atoms with Gasteiger partial charge in [0.15, 0.2) is 0 Å². The average Bonchev–Trinajstić information content (AvgIpc) is 2.78. The van der Waals surface area contributed by atoms with E-state index in [0.29, 0.717) is 24.9 Å². The molecular weight excluding hydrogens is 408 g/mol. The molecule has 0 bridgehead atoms. The molecule has 4 rings (SSSR count). The van der Waals surface area contributed by atoms with Gasteiger partial charge in [0, 0.05) is 36.3 Å². The molecule has 0 aliphatic heterocycles. The second-order valence-electron chi connectivity index (χ2n) is 7.39. The monoisotopic (exact) mass is 430 g/mol. The van der Waals surface area contributed by atoms with Crippen LogP contribution in [0.25, 0.3) is 10.8 Å². The van der Waals surface area contributed by atoms with E-state index >= 15 is 0 Å². The minimum atomic E-state index is -3.64. The van der Waals surface area contributed by atoms with Gasteiger partial charge in [0.1, 0.15) is 5.78 Å². The molecule has 5 nitrogen and oxygen atoms in total. The summed E-state index contributed by atoms with van der Waals surface area (Å²) in [6, 6.07) is 23.3. The number of rotatable bonds is 8. The number of ketones is 1. The zero-order chi connectivity index (χ0) is 21.7. The van der Waals surface area contributed by atoms with Crippen LogP contribution in [-0.4, -0.2) is 19.2 Å². The SMILES string of the molecule is O=C(CCc1ccc(S(=O)(=O)Nc2ccccc2)cc1)Cc1ccc2cnccc2c1. The van der Waals surface area contributed by atoms with Crippen molar-refractivity contribution < 1.29 is 13.2 Å². The van der Waals surface area contributed by atoms with E-state index in [-0.39, 0.29) is 10.7 Å². The summed E-state index contributed by atoms with van der Waals surface area (Å²) < 4.78 is 27.6. The topological polar surface area (TPSA) is 76.1 Å². The molecule has 0 aliphatic carbocycles. The van der Waals surface area contributed by atoms with Crippen LogP contribution >= 0.6 is 0 Å². The summed E-state index contributed by atoms with van der Waals surface area (Å²) in [6.45, 7) is 0. The molecule has 0 saturated carbocycles. The summed E-state index contributed by atoms with van der Waals surface area (Å²) in [5.41, 5.74) is 2.43. The number of fused-ring (bicyclic) bond motifs is 1. The lowest BCUT2D eigenvalue weighted by Crippen LogP contribution is -2.12. The minimum Gasteiger partial charge on any atom is -0.299 e. The van der Waals surface area contributed by atoms with Gasteiger partial charge in [0.05, 0.1) is 4.90 Å². The number of hydrogen-bond acceptors (Lipinski definition) is 4. The minimum absolute atomic E-state index is 0.149. The number of benzene rings is 3. The highest BCUT2D eigenvalue weighted by atomic mass is 32.2. The van der Waals surface area contributed by atoms with Crippen molar-refractivity contribution in [3.8, 4) is 0 Å². The molecule has 31 heavy (non-hydrogen) atoms. The molecule has 4 aromatic rings. The quantitative estimate of drug-likeness (QED) is 0.436. The normalized spacial score (nSPS) is 11.4. The van der Waals surface area contributed by atoms with Crippen molar-refractivity contribution in [1.29, 1.82) is 0 Å². The Kier molecular flexibility index (Phi) is 6.09. The number of hydrogen-bond donors (Lipinski definition) is 1. The molecule has 0 saturated heterocycles. The lowest BCUT2D eigenvalue weighted by molar-refractivity contribution is -0.118. The van der Waals surface area contributed by atoms with Crippen LogP contribution in [0.15, 0.2) is 96.2 Å². The van der Waals surface area contributed by atoms with Gasteiger partial charge in [-0.1, -0.05) is 48.5 Å². The van der Waals surface area contributed by atoms with Crippen molar-refractivity contribution >= 4 is 32.3 Å². The number of nitrogens with one attached hydrogen (secondary N) is 1. The van der Waals surface area contributed by atoms with Gasteiger partial charge < -0.3 is 0 Å². The lowest BCUT2D eigenvalue weighted by Gasteiger charge is -2.09. The molecule has 0 spiro atoms. The molecule has 0 fully saturated rings. The first kappa shape index (κ1) is 20.8. The smallest absolute Gasteiger partial charge is 0.261 e. The summed E-state index contributed by atoms with van der Waals surface area (Å²) in [6.07, 6.45) is 4.91. The molecule has 0 radical (unpaired) electrons. The molecule has 0 unspecified atom stereocenters. The first-order valence-corrected chi connectivity index (χ1v) is 11.5. The van der Waals surface area contributed by atoms with Crippen LogP contribution in [0.4, 0.5) is 5.69 Å². The Balaban J connectivity index is 1.34. The Morgan fingerprint density at radius 2 is 1.58 bits per heavy atom. The van der Waals surface area contributed by atoms with Crippen molar-refractivity contribution in [1.82, 2.24) is 4.98 Å². The van der Waals surface area contributed by atoms with Gasteiger partial charge in [-0.2, -0.15) is 0 Å². The zero-order valence-electron chi connectivity index (χ0n) is 16.9. The fourth-order valence-electron chi connectivity index (χ4n) is 3.40. The Morgan fingerprint density at radius 3 is 2.35 bits per heavy atom. The molecule has 6 heteroatoms. The second kappa shape index (κ2) is 9.10. The third kappa shape index (κ3) is 5.35. The maximum Gasteiger partial charge on any atom is 0.261 e. The van der Waals surface area contributed by atoms with Crippen molar-refractivity contribution in [2.75, 3.05) is 4.72 Å². The van der Waals surface area contributed by atoms with Crippen LogP contribution in [-0.2, 0) is 27.7 Å². The van der Waals surface area contributed by atoms with E-state index < -0.39 is 10.0 Å². The first-order chi connectivity index (χ1) is 15.0. The highest BCUT2D eigenvalue weighted by Gasteiger charge is 2.14. The fourth-order valence-corrected chi connectivity index (χ4v) is 4.46. The summed E-state index contributed by atoms with van der Waals surface area (Å²) in [5, 5.41) is 2.12. The molecular formula is C25H22N2O3S. The Labute approximate surface area is 181 Å². The second-order valence-corrected chi connectivity index (χ2v) is 9.07. The van der Waals surface area contributed by atoms with Crippen molar-refractivity contribution in [3.63, 3.8) is 0 Å². The first-order valence-electron chi connectivity index (χ1n) is 10.0. The van der Waals surface area contributed by atoms with Gasteiger partial charge in [-0.3, -0.25) is 14.5 Å². The van der Waals surface area contributed by atoms with Crippen molar-refractivity contribution in [3.05, 3.63) is 102 Å². The molecule has 0 aliphatic rings. The number of sulfonamides is 1. The molecule has 0 atom stereocenters. The predicted molar refractivity (Wildman–Crippen MR) is 122 cm³/mol. The number of para-hydroxylation sites is 1. The van der Waals surface area contributed by atoms with Crippen molar-refractivity contribution in [2.24, 2.45) is 0 Å². The molecule has 156 valence electrons. The summed E-state index contributed by atoms with van der Waals surface area (Å²) in [5.74, 6) is 0.149. The molecule has 1 aromatic heterocycles. The van der Waals surface area contributed by atoms with Crippen LogP contribution in [0, 0.1) is 0 Å². The largest absolute Gasteiger partial charge is 0.299 e. The van der Waals surface area contributed by atoms with E-state index in [1.807, 2.05) is 30.3 Å². The van der Waals surface area contributed by atoms with Crippen LogP contribution in [0.3, 0.4) is 0 Å². The van der Waals surface area contributed by atoms with Crippen LogP contribution < -0.4 is 4.72 Å². The number of anilines is 1. The average molecular weight is 431 g/mol. The summed E-state index contributed by atoms with van der Waals surface area (Å²) >= 11 is 0. The number of pyridine rings is 1. The van der Waals surface area contributed by atoms with Gasteiger partial charge in [-0.25, -0.2) is 8.42 Å². The number of nitrogens with zero attached hydrogens (tertiary/aromatic N) is 1. The lowest BCUT2D eigenvalue weighted by atomic mass is 10.0. The molecule has 3 aromatic carbocycles. The third-order valence-electron chi connectivity index (χ3n) is 5.06. The van der Waals surface area contributed by atoms with Crippen LogP contribution in [0.2, 0.25) is 0 Å². The van der Waals surface area contributed by atoms with Gasteiger partial charge in [-0.15, -0.1) is 0 Å².